The summed E-state index contributed by atoms with van der Waals surface area (Å²) in [6, 6.07) is 6.55. The fraction of sp³-hybridized carbons (Fsp3) is 0.462. The maximum absolute atomic E-state index is 13.9. The van der Waals surface area contributed by atoms with Crippen LogP contribution in [0.1, 0.15) is 13.8 Å². The van der Waals surface area contributed by atoms with Gasteiger partial charge in [-0.1, -0.05) is 12.1 Å². The van der Waals surface area contributed by atoms with Gasteiger partial charge in [0.15, 0.2) is 5.96 Å². The zero-order valence-corrected chi connectivity index (χ0v) is 10.9. The summed E-state index contributed by atoms with van der Waals surface area (Å²) in [5.74, 6) is 0.0126. The van der Waals surface area contributed by atoms with Gasteiger partial charge in [-0.15, -0.1) is 0 Å². The van der Waals surface area contributed by atoms with Crippen molar-refractivity contribution in [1.82, 2.24) is 0 Å². The second-order valence-corrected chi connectivity index (χ2v) is 4.70. The average molecular weight is 251 g/mol. The summed E-state index contributed by atoms with van der Waals surface area (Å²) >= 11 is 0. The van der Waals surface area contributed by atoms with Crippen LogP contribution in [0.15, 0.2) is 29.3 Å². The Labute approximate surface area is 106 Å². The largest absolute Gasteiger partial charge is 0.379 e. The normalized spacial score (nSPS) is 25.1. The number of rotatable bonds is 3. The van der Waals surface area contributed by atoms with E-state index in [1.807, 2.05) is 13.8 Å². The van der Waals surface area contributed by atoms with Gasteiger partial charge in [0.25, 0.3) is 0 Å². The van der Waals surface area contributed by atoms with Crippen LogP contribution in [0.25, 0.3) is 0 Å². The maximum atomic E-state index is 13.9. The third-order valence-corrected chi connectivity index (χ3v) is 3.62. The standard InChI is InChI=1S/C13H18FN3O/c1-9(18-3)13(2)8-16-12(15)17(13)11-7-5-4-6-10(11)14/h4-7,9H,8H2,1-3H3,(H2,15,16). The number of halogens is 1. The summed E-state index contributed by atoms with van der Waals surface area (Å²) < 4.78 is 19.3. The minimum atomic E-state index is -0.471. The number of ether oxygens (including phenoxy) is 1. The lowest BCUT2D eigenvalue weighted by molar-refractivity contribution is 0.0643. The second-order valence-electron chi connectivity index (χ2n) is 4.70. The molecule has 0 bridgehead atoms. The Morgan fingerprint density at radius 3 is 2.78 bits per heavy atom. The highest BCUT2D eigenvalue weighted by Crippen LogP contribution is 2.33. The van der Waals surface area contributed by atoms with Crippen molar-refractivity contribution in [3.63, 3.8) is 0 Å². The maximum Gasteiger partial charge on any atom is 0.196 e. The molecule has 2 N–H and O–H groups in total. The highest BCUT2D eigenvalue weighted by molar-refractivity contribution is 5.98. The van der Waals surface area contributed by atoms with Crippen LogP contribution in [0.4, 0.5) is 10.1 Å². The number of para-hydroxylation sites is 1. The Hall–Kier alpha value is -1.62. The second kappa shape index (κ2) is 4.57. The number of guanidine groups is 1. The van der Waals surface area contributed by atoms with Gasteiger partial charge in [0.2, 0.25) is 0 Å². The lowest BCUT2D eigenvalue weighted by atomic mass is 9.94. The van der Waals surface area contributed by atoms with Crippen LogP contribution in [0.5, 0.6) is 0 Å². The molecule has 0 fully saturated rings. The predicted molar refractivity (Wildman–Crippen MR) is 70.2 cm³/mol. The number of nitrogens with two attached hydrogens (primary N) is 1. The quantitative estimate of drug-likeness (QED) is 0.890. The van der Waals surface area contributed by atoms with Gasteiger partial charge in [-0.05, 0) is 26.0 Å². The Balaban J connectivity index is 2.46. The SMILES string of the molecule is COC(C)C1(C)CN=C(N)N1c1ccccc1F. The molecule has 2 rings (SSSR count). The number of nitrogens with zero attached hydrogens (tertiary/aromatic N) is 2. The van der Waals surface area contributed by atoms with E-state index >= 15 is 0 Å². The van der Waals surface area contributed by atoms with Gasteiger partial charge in [0.1, 0.15) is 5.82 Å². The Morgan fingerprint density at radius 2 is 2.17 bits per heavy atom. The van der Waals surface area contributed by atoms with Crippen molar-refractivity contribution >= 4 is 11.6 Å². The van der Waals surface area contributed by atoms with Crippen LogP contribution in [-0.2, 0) is 4.74 Å². The molecule has 0 saturated carbocycles. The van der Waals surface area contributed by atoms with Crippen molar-refractivity contribution in [2.24, 2.45) is 10.7 Å². The van der Waals surface area contributed by atoms with Crippen molar-refractivity contribution in [3.8, 4) is 0 Å². The Morgan fingerprint density at radius 1 is 1.50 bits per heavy atom. The van der Waals surface area contributed by atoms with Gasteiger partial charge in [0.05, 0.1) is 23.9 Å². The van der Waals surface area contributed by atoms with Gasteiger partial charge in [-0.3, -0.25) is 9.89 Å². The molecule has 18 heavy (non-hydrogen) atoms. The number of methoxy groups -OCH3 is 1. The van der Waals surface area contributed by atoms with E-state index in [-0.39, 0.29) is 11.9 Å². The van der Waals surface area contributed by atoms with Crippen LogP contribution in [-0.4, -0.2) is 31.3 Å². The van der Waals surface area contributed by atoms with E-state index in [1.165, 1.54) is 6.07 Å². The van der Waals surface area contributed by atoms with Crippen molar-refractivity contribution < 1.29 is 9.13 Å². The summed E-state index contributed by atoms with van der Waals surface area (Å²) in [4.78, 5) is 5.95. The van der Waals surface area contributed by atoms with Gasteiger partial charge >= 0.3 is 0 Å². The number of benzene rings is 1. The summed E-state index contributed by atoms with van der Waals surface area (Å²) in [6.45, 7) is 4.39. The first-order chi connectivity index (χ1) is 8.50. The fourth-order valence-electron chi connectivity index (χ4n) is 2.24. The van der Waals surface area contributed by atoms with Crippen molar-refractivity contribution in [3.05, 3.63) is 30.1 Å². The highest BCUT2D eigenvalue weighted by atomic mass is 19.1. The van der Waals surface area contributed by atoms with Gasteiger partial charge in [-0.2, -0.15) is 0 Å². The summed E-state index contributed by atoms with van der Waals surface area (Å²) in [5.41, 5.74) is 5.86. The number of hydrogen-bond acceptors (Lipinski definition) is 4. The number of aliphatic imine (C=N–C) groups is 1. The Bertz CT molecular complexity index is 477. The number of hydrogen-bond donors (Lipinski definition) is 1. The molecular formula is C13H18FN3O. The molecule has 0 aromatic heterocycles. The molecule has 0 saturated heterocycles. The van der Waals surface area contributed by atoms with Crippen molar-refractivity contribution in [2.75, 3.05) is 18.6 Å². The molecule has 0 radical (unpaired) electrons. The topological polar surface area (TPSA) is 50.9 Å². The zero-order chi connectivity index (χ0) is 13.3. The zero-order valence-electron chi connectivity index (χ0n) is 10.9. The molecule has 1 aromatic carbocycles. The summed E-state index contributed by atoms with van der Waals surface area (Å²) in [6.07, 6.45) is -0.123. The predicted octanol–water partition coefficient (Wildman–Crippen LogP) is 1.75. The van der Waals surface area contributed by atoms with Crippen LogP contribution >= 0.6 is 0 Å². The van der Waals surface area contributed by atoms with E-state index in [2.05, 4.69) is 4.99 Å². The molecule has 0 amide bonds. The monoisotopic (exact) mass is 251 g/mol. The third kappa shape index (κ3) is 1.84. The lowest BCUT2D eigenvalue weighted by Gasteiger charge is -2.39. The minimum absolute atomic E-state index is 0.123. The molecule has 1 aromatic rings. The summed E-state index contributed by atoms with van der Waals surface area (Å²) in [7, 11) is 1.63. The van der Waals surface area contributed by atoms with Crippen molar-refractivity contribution in [1.29, 1.82) is 0 Å². The van der Waals surface area contributed by atoms with Crippen LogP contribution < -0.4 is 10.6 Å². The molecule has 1 heterocycles. The smallest absolute Gasteiger partial charge is 0.196 e. The van der Waals surface area contributed by atoms with Crippen molar-refractivity contribution in [2.45, 2.75) is 25.5 Å². The van der Waals surface area contributed by atoms with E-state index < -0.39 is 5.54 Å². The fourth-order valence-corrected chi connectivity index (χ4v) is 2.24. The lowest BCUT2D eigenvalue weighted by Crippen LogP contribution is -2.57. The highest BCUT2D eigenvalue weighted by Gasteiger charge is 2.44. The van der Waals surface area contributed by atoms with Crippen LogP contribution in [0, 0.1) is 5.82 Å². The molecule has 0 spiro atoms. The minimum Gasteiger partial charge on any atom is -0.379 e. The first-order valence-electron chi connectivity index (χ1n) is 5.88. The molecule has 0 aliphatic carbocycles. The molecule has 1 aliphatic heterocycles. The molecule has 2 unspecified atom stereocenters. The molecular weight excluding hydrogens is 233 g/mol. The van der Waals surface area contributed by atoms with E-state index in [0.29, 0.717) is 18.2 Å². The first kappa shape index (κ1) is 12.8. The van der Waals surface area contributed by atoms with Gasteiger partial charge in [0, 0.05) is 7.11 Å². The molecule has 2 atom stereocenters. The molecule has 98 valence electrons. The Kier molecular flexibility index (Phi) is 3.26. The third-order valence-electron chi connectivity index (χ3n) is 3.62. The average Bonchev–Trinajstić information content (AvgIpc) is 2.67. The first-order valence-corrected chi connectivity index (χ1v) is 5.88. The molecule has 4 nitrogen and oxygen atoms in total. The summed E-state index contributed by atoms with van der Waals surface area (Å²) in [5, 5.41) is 0. The van der Waals surface area contributed by atoms with Gasteiger partial charge in [-0.25, -0.2) is 4.39 Å². The van der Waals surface area contributed by atoms with Crippen LogP contribution in [0.2, 0.25) is 0 Å². The van der Waals surface area contributed by atoms with Gasteiger partial charge < -0.3 is 10.5 Å². The number of anilines is 1. The van der Waals surface area contributed by atoms with E-state index in [1.54, 1.807) is 30.2 Å². The van der Waals surface area contributed by atoms with Crippen LogP contribution in [0.3, 0.4) is 0 Å². The molecule has 5 heteroatoms. The van der Waals surface area contributed by atoms with E-state index in [4.69, 9.17) is 10.5 Å². The molecule has 1 aliphatic rings. The van der Waals surface area contributed by atoms with E-state index in [9.17, 15) is 4.39 Å². The van der Waals surface area contributed by atoms with E-state index in [0.717, 1.165) is 0 Å².